The average Bonchev–Trinajstić information content (AvgIpc) is 2.90. The molecule has 0 unspecified atom stereocenters. The molecule has 1 aliphatic rings. The number of benzene rings is 2. The predicted octanol–water partition coefficient (Wildman–Crippen LogP) is 4.32. The van der Waals surface area contributed by atoms with Gasteiger partial charge in [0.15, 0.2) is 5.83 Å². The molecule has 3 aromatic rings. The van der Waals surface area contributed by atoms with Crippen LogP contribution in [0.15, 0.2) is 48.6 Å². The fourth-order valence-electron chi connectivity index (χ4n) is 3.61. The van der Waals surface area contributed by atoms with Crippen molar-refractivity contribution < 1.29 is 27.8 Å². The number of carbonyl (C=O) groups is 1. The number of hydrogen-bond donors (Lipinski definition) is 2. The molecular formula is C25H26ClF2N5O4. The van der Waals surface area contributed by atoms with Gasteiger partial charge in [0.25, 0.3) is 5.91 Å². The summed E-state index contributed by atoms with van der Waals surface area (Å²) in [5.74, 6) is -1.73. The Morgan fingerprint density at radius 3 is 2.78 bits per heavy atom. The average molecular weight is 534 g/mol. The molecular weight excluding hydrogens is 508 g/mol. The number of rotatable bonds is 10. The normalized spacial score (nSPS) is 14.5. The highest BCUT2D eigenvalue weighted by molar-refractivity contribution is 6.31. The van der Waals surface area contributed by atoms with Gasteiger partial charge in [0, 0.05) is 43.9 Å². The summed E-state index contributed by atoms with van der Waals surface area (Å²) in [5.41, 5.74) is 1.22. The molecule has 9 nitrogen and oxygen atoms in total. The van der Waals surface area contributed by atoms with Crippen LogP contribution in [-0.4, -0.2) is 73.9 Å². The van der Waals surface area contributed by atoms with Crippen molar-refractivity contribution in [1.29, 1.82) is 0 Å². The van der Waals surface area contributed by atoms with Crippen molar-refractivity contribution in [2.45, 2.75) is 0 Å². The molecule has 1 aromatic heterocycles. The van der Waals surface area contributed by atoms with Gasteiger partial charge in [0.05, 0.1) is 36.0 Å². The minimum Gasteiger partial charge on any atom is -0.489 e. The first-order valence-corrected chi connectivity index (χ1v) is 11.9. The van der Waals surface area contributed by atoms with Gasteiger partial charge in [-0.15, -0.1) is 0 Å². The van der Waals surface area contributed by atoms with Crippen LogP contribution in [0, 0.1) is 5.82 Å². The number of fused-ring (bicyclic) bond motifs is 1. The number of hydrogen-bond acceptors (Lipinski definition) is 8. The topological polar surface area (TPSA) is 97.8 Å². The van der Waals surface area contributed by atoms with Crippen molar-refractivity contribution in [2.24, 2.45) is 0 Å². The van der Waals surface area contributed by atoms with Gasteiger partial charge >= 0.3 is 0 Å². The molecule has 0 saturated carbocycles. The largest absolute Gasteiger partial charge is 0.489 e. The molecule has 4 rings (SSSR count). The second-order valence-corrected chi connectivity index (χ2v) is 8.51. The van der Waals surface area contributed by atoms with E-state index in [1.807, 2.05) is 4.90 Å². The number of morpholine rings is 1. The SMILES string of the molecule is COCCOc1cc2ncnc(Nc3ccc(F)c(Cl)c3)c2cc1NC(=O)/C(F)=C/CN1CCOCC1. The summed E-state index contributed by atoms with van der Waals surface area (Å²) in [4.78, 5) is 23.2. The third kappa shape index (κ3) is 7.10. The molecule has 0 radical (unpaired) electrons. The van der Waals surface area contributed by atoms with Gasteiger partial charge in [0.2, 0.25) is 0 Å². The van der Waals surface area contributed by atoms with Crippen LogP contribution in [0.3, 0.4) is 0 Å². The quantitative estimate of drug-likeness (QED) is 0.294. The maximum absolute atomic E-state index is 14.7. The molecule has 0 spiro atoms. The van der Waals surface area contributed by atoms with E-state index in [1.54, 1.807) is 12.1 Å². The van der Waals surface area contributed by atoms with E-state index < -0.39 is 17.6 Å². The molecule has 0 atom stereocenters. The van der Waals surface area contributed by atoms with E-state index in [0.29, 0.717) is 61.9 Å². The van der Waals surface area contributed by atoms with Crippen LogP contribution >= 0.6 is 11.6 Å². The summed E-state index contributed by atoms with van der Waals surface area (Å²) < 4.78 is 44.3. The van der Waals surface area contributed by atoms with Crippen LogP contribution in [0.4, 0.5) is 26.0 Å². The highest BCUT2D eigenvalue weighted by Crippen LogP contribution is 2.34. The zero-order chi connectivity index (χ0) is 26.2. The minimum absolute atomic E-state index is 0.0514. The molecule has 1 fully saturated rings. The van der Waals surface area contributed by atoms with Gasteiger partial charge in [-0.1, -0.05) is 11.6 Å². The molecule has 1 saturated heterocycles. The molecule has 2 N–H and O–H groups in total. The van der Waals surface area contributed by atoms with Crippen molar-refractivity contribution >= 4 is 45.6 Å². The lowest BCUT2D eigenvalue weighted by molar-refractivity contribution is -0.114. The van der Waals surface area contributed by atoms with Gasteiger partial charge in [0.1, 0.15) is 30.3 Å². The smallest absolute Gasteiger partial charge is 0.284 e. The number of halogens is 3. The standard InChI is InChI=1S/C25H26ClF2N5O4/c1-35-10-11-37-23-14-21-17(24(30-15-29-21)31-16-2-3-19(27)18(26)12-16)13-22(23)32-25(34)20(28)4-5-33-6-8-36-9-7-33/h2-4,12-15H,5-11H2,1H3,(H,32,34)(H,29,30,31)/b20-4-. The maximum atomic E-state index is 14.7. The van der Waals surface area contributed by atoms with Gasteiger partial charge in [-0.05, 0) is 30.3 Å². The monoisotopic (exact) mass is 533 g/mol. The Morgan fingerprint density at radius 1 is 1.22 bits per heavy atom. The number of methoxy groups -OCH3 is 1. The summed E-state index contributed by atoms with van der Waals surface area (Å²) in [6.07, 6.45) is 2.59. The third-order valence-corrected chi connectivity index (χ3v) is 5.85. The molecule has 1 aliphatic heterocycles. The fraction of sp³-hybridized carbons (Fsp3) is 0.320. The molecule has 12 heteroatoms. The van der Waals surface area contributed by atoms with Crippen molar-refractivity contribution in [3.63, 3.8) is 0 Å². The lowest BCUT2D eigenvalue weighted by Crippen LogP contribution is -2.36. The Hall–Kier alpha value is -3.38. The van der Waals surface area contributed by atoms with E-state index in [9.17, 15) is 13.6 Å². The van der Waals surface area contributed by atoms with Crippen LogP contribution in [0.5, 0.6) is 5.75 Å². The van der Waals surface area contributed by atoms with Gasteiger partial charge in [-0.2, -0.15) is 0 Å². The number of nitrogens with one attached hydrogen (secondary N) is 2. The number of nitrogens with zero attached hydrogens (tertiary/aromatic N) is 3. The molecule has 0 aliphatic carbocycles. The molecule has 196 valence electrons. The Labute approximate surface area is 217 Å². The fourth-order valence-corrected chi connectivity index (χ4v) is 3.79. The summed E-state index contributed by atoms with van der Waals surface area (Å²) in [6.45, 7) is 3.28. The zero-order valence-corrected chi connectivity index (χ0v) is 20.9. The molecule has 37 heavy (non-hydrogen) atoms. The van der Waals surface area contributed by atoms with Crippen molar-refractivity contribution in [3.8, 4) is 5.75 Å². The molecule has 0 bridgehead atoms. The van der Waals surface area contributed by atoms with E-state index in [2.05, 4.69) is 20.6 Å². The maximum Gasteiger partial charge on any atom is 0.284 e. The molecule has 2 heterocycles. The lowest BCUT2D eigenvalue weighted by atomic mass is 10.1. The van der Waals surface area contributed by atoms with Crippen LogP contribution in [0.1, 0.15) is 0 Å². The van der Waals surface area contributed by atoms with Crippen LogP contribution < -0.4 is 15.4 Å². The zero-order valence-electron chi connectivity index (χ0n) is 20.1. The Bertz CT molecular complexity index is 1290. The van der Waals surface area contributed by atoms with Crippen LogP contribution in [0.25, 0.3) is 10.9 Å². The van der Waals surface area contributed by atoms with Gasteiger partial charge in [-0.25, -0.2) is 18.7 Å². The van der Waals surface area contributed by atoms with E-state index in [0.717, 1.165) is 0 Å². The number of anilines is 3. The lowest BCUT2D eigenvalue weighted by Gasteiger charge is -2.25. The van der Waals surface area contributed by atoms with E-state index in [1.165, 1.54) is 37.7 Å². The Balaban J connectivity index is 1.61. The van der Waals surface area contributed by atoms with Gasteiger partial charge in [-0.3, -0.25) is 9.69 Å². The summed E-state index contributed by atoms with van der Waals surface area (Å²) in [7, 11) is 1.54. The summed E-state index contributed by atoms with van der Waals surface area (Å²) in [5, 5.41) is 6.11. The highest BCUT2D eigenvalue weighted by Gasteiger charge is 2.17. The van der Waals surface area contributed by atoms with Crippen LogP contribution in [0.2, 0.25) is 5.02 Å². The Morgan fingerprint density at radius 2 is 2.03 bits per heavy atom. The van der Waals surface area contributed by atoms with Crippen LogP contribution in [-0.2, 0) is 14.3 Å². The Kier molecular flexibility index (Phi) is 9.18. The first-order chi connectivity index (χ1) is 17.9. The molecule has 1 amide bonds. The second-order valence-electron chi connectivity index (χ2n) is 8.10. The first kappa shape index (κ1) is 26.7. The number of carbonyl (C=O) groups excluding carboxylic acids is 1. The first-order valence-electron chi connectivity index (χ1n) is 11.5. The van der Waals surface area contributed by atoms with E-state index in [4.69, 9.17) is 25.8 Å². The van der Waals surface area contributed by atoms with Crippen molar-refractivity contribution in [3.05, 3.63) is 59.4 Å². The number of aromatic nitrogens is 2. The minimum atomic E-state index is -0.918. The highest BCUT2D eigenvalue weighted by atomic mass is 35.5. The predicted molar refractivity (Wildman–Crippen MR) is 137 cm³/mol. The number of ether oxygens (including phenoxy) is 3. The number of amides is 1. The molecule has 2 aromatic carbocycles. The second kappa shape index (κ2) is 12.7. The third-order valence-electron chi connectivity index (χ3n) is 5.56. The summed E-state index contributed by atoms with van der Waals surface area (Å²) >= 11 is 5.89. The van der Waals surface area contributed by atoms with Crippen molar-refractivity contribution in [2.75, 3.05) is 63.8 Å². The van der Waals surface area contributed by atoms with E-state index >= 15 is 0 Å². The van der Waals surface area contributed by atoms with Gasteiger partial charge < -0.3 is 24.8 Å². The van der Waals surface area contributed by atoms with Crippen molar-refractivity contribution in [1.82, 2.24) is 14.9 Å². The van der Waals surface area contributed by atoms with E-state index in [-0.39, 0.29) is 23.1 Å². The summed E-state index contributed by atoms with van der Waals surface area (Å²) in [6, 6.07) is 7.35.